The van der Waals surface area contributed by atoms with Crippen molar-refractivity contribution in [2.75, 3.05) is 26.1 Å². The average molecular weight is 542 g/mol. The summed E-state index contributed by atoms with van der Waals surface area (Å²) in [6.07, 6.45) is -0.976. The number of aliphatic hydroxyl groups is 1. The molecule has 0 unspecified atom stereocenters. The van der Waals surface area contributed by atoms with Crippen LogP contribution in [0.5, 0.6) is 5.75 Å². The standard InChI is InChI=1S/C23H31N3O10S/c1-23(2,3)36-22(33)26-14(8-27)18(29)24-15-9-35-20(31)12-6-5-7-17(28)13(12)10-37-11-16(21(32)34-4)25-19(15)30/h5-7,14-16,27-28H,8-11H2,1-4H3,(H,24,29)(H,25,30)(H,26,33)/t14-,15-,16-/m0/s1. The van der Waals surface area contributed by atoms with Gasteiger partial charge in [0, 0.05) is 17.1 Å². The number of phenols is 1. The van der Waals surface area contributed by atoms with Gasteiger partial charge in [0.25, 0.3) is 0 Å². The highest BCUT2D eigenvalue weighted by atomic mass is 32.2. The topological polar surface area (TPSA) is 190 Å². The summed E-state index contributed by atoms with van der Waals surface area (Å²) in [7, 11) is 1.14. The van der Waals surface area contributed by atoms with E-state index in [0.717, 1.165) is 18.9 Å². The normalized spacial score (nSPS) is 19.5. The molecular weight excluding hydrogens is 510 g/mol. The second-order valence-corrected chi connectivity index (χ2v) is 9.97. The number of phenolic OH excluding ortho intramolecular Hbond substituents is 1. The number of cyclic esters (lactones) is 1. The number of thioether (sulfide) groups is 1. The predicted molar refractivity (Wildman–Crippen MR) is 131 cm³/mol. The number of carbonyl (C=O) groups excluding carboxylic acids is 5. The fourth-order valence-corrected chi connectivity index (χ4v) is 4.20. The maximum absolute atomic E-state index is 13.0. The van der Waals surface area contributed by atoms with Gasteiger partial charge in [-0.2, -0.15) is 11.8 Å². The first-order valence-electron chi connectivity index (χ1n) is 11.2. The molecule has 1 heterocycles. The zero-order chi connectivity index (χ0) is 27.8. The van der Waals surface area contributed by atoms with Crippen LogP contribution in [0.4, 0.5) is 4.79 Å². The number of aromatic hydroxyl groups is 1. The van der Waals surface area contributed by atoms with Crippen molar-refractivity contribution in [3.63, 3.8) is 0 Å². The second kappa shape index (κ2) is 13.1. The van der Waals surface area contributed by atoms with Gasteiger partial charge in [-0.3, -0.25) is 9.59 Å². The lowest BCUT2D eigenvalue weighted by Crippen LogP contribution is -2.58. The van der Waals surface area contributed by atoms with Gasteiger partial charge in [-0.1, -0.05) is 6.07 Å². The fourth-order valence-electron chi connectivity index (χ4n) is 3.12. The van der Waals surface area contributed by atoms with E-state index in [1.54, 1.807) is 20.8 Å². The fraction of sp³-hybridized carbons (Fsp3) is 0.522. The summed E-state index contributed by atoms with van der Waals surface area (Å²) in [6, 6.07) is 0.145. The van der Waals surface area contributed by atoms with Gasteiger partial charge in [0.1, 0.15) is 36.1 Å². The number of rotatable bonds is 5. The summed E-state index contributed by atoms with van der Waals surface area (Å²) < 4.78 is 15.1. The summed E-state index contributed by atoms with van der Waals surface area (Å²) in [4.78, 5) is 62.7. The van der Waals surface area contributed by atoms with Gasteiger partial charge in [-0.25, -0.2) is 14.4 Å². The van der Waals surface area contributed by atoms with Gasteiger partial charge in [0.05, 0.1) is 19.3 Å². The SMILES string of the molecule is COC(=O)[C@@H]1CSCc2c(O)cccc2C(=O)OC[C@H](NC(=O)[C@H](CO)NC(=O)OC(C)(C)C)C(=O)N1. The van der Waals surface area contributed by atoms with Crippen LogP contribution in [-0.2, 0) is 34.3 Å². The van der Waals surface area contributed by atoms with E-state index >= 15 is 0 Å². The first kappa shape index (κ1) is 29.7. The zero-order valence-electron chi connectivity index (χ0n) is 20.9. The number of aliphatic hydroxyl groups excluding tert-OH is 1. The molecular formula is C23H31N3O10S. The van der Waals surface area contributed by atoms with Crippen LogP contribution in [-0.4, -0.2) is 89.9 Å². The molecule has 37 heavy (non-hydrogen) atoms. The number of hydrogen-bond donors (Lipinski definition) is 5. The summed E-state index contributed by atoms with van der Waals surface area (Å²) in [6.45, 7) is 3.35. The quantitative estimate of drug-likeness (QED) is 0.246. The highest BCUT2D eigenvalue weighted by Gasteiger charge is 2.32. The summed E-state index contributed by atoms with van der Waals surface area (Å²) in [5.74, 6) is -3.44. The molecule has 0 bridgehead atoms. The minimum atomic E-state index is -1.51. The molecule has 0 saturated heterocycles. The number of carbonyl (C=O) groups is 5. The summed E-state index contributed by atoms with van der Waals surface area (Å²) in [5, 5.41) is 26.8. The maximum atomic E-state index is 13.0. The Morgan fingerprint density at radius 1 is 1.27 bits per heavy atom. The molecule has 0 radical (unpaired) electrons. The Morgan fingerprint density at radius 2 is 1.97 bits per heavy atom. The Kier molecular flexibility index (Phi) is 10.6. The summed E-state index contributed by atoms with van der Waals surface area (Å²) >= 11 is 1.15. The molecule has 1 aliphatic rings. The summed E-state index contributed by atoms with van der Waals surface area (Å²) in [5.41, 5.74) is -0.545. The van der Waals surface area contributed by atoms with Crippen molar-refractivity contribution in [1.29, 1.82) is 0 Å². The molecule has 0 spiro atoms. The predicted octanol–water partition coefficient (Wildman–Crippen LogP) is -0.176. The second-order valence-electron chi connectivity index (χ2n) is 8.94. The number of nitrogens with one attached hydrogen (secondary N) is 3. The van der Waals surface area contributed by atoms with Crippen LogP contribution in [0.25, 0.3) is 0 Å². The van der Waals surface area contributed by atoms with E-state index in [1.165, 1.54) is 18.2 Å². The van der Waals surface area contributed by atoms with Crippen LogP contribution in [0.2, 0.25) is 0 Å². The van der Waals surface area contributed by atoms with Crippen LogP contribution in [0.15, 0.2) is 18.2 Å². The molecule has 1 aliphatic heterocycles. The van der Waals surface area contributed by atoms with E-state index in [1.807, 2.05) is 0 Å². The number of ether oxygens (including phenoxy) is 3. The Labute approximate surface area is 217 Å². The molecule has 3 amide bonds. The largest absolute Gasteiger partial charge is 0.508 e. The number of amides is 3. The number of esters is 2. The van der Waals surface area contributed by atoms with Gasteiger partial charge < -0.3 is 40.4 Å². The Balaban J connectivity index is 2.28. The Morgan fingerprint density at radius 3 is 2.59 bits per heavy atom. The van der Waals surface area contributed by atoms with Crippen LogP contribution in [0, 0.1) is 0 Å². The molecule has 13 nitrogen and oxygen atoms in total. The van der Waals surface area contributed by atoms with E-state index in [-0.39, 0.29) is 28.4 Å². The van der Waals surface area contributed by atoms with Gasteiger partial charge >= 0.3 is 18.0 Å². The van der Waals surface area contributed by atoms with Crippen molar-refractivity contribution in [3.8, 4) is 5.75 Å². The molecule has 1 aromatic rings. The third kappa shape index (κ3) is 8.82. The third-order valence-electron chi connectivity index (χ3n) is 4.91. The molecule has 5 N–H and O–H groups in total. The Bertz CT molecular complexity index is 1030. The average Bonchev–Trinajstić information content (AvgIpc) is 2.82. The molecule has 3 atom stereocenters. The monoisotopic (exact) mass is 541 g/mol. The molecule has 0 fully saturated rings. The molecule has 0 saturated carbocycles. The first-order valence-corrected chi connectivity index (χ1v) is 12.4. The van der Waals surface area contributed by atoms with Crippen molar-refractivity contribution in [3.05, 3.63) is 29.3 Å². The number of fused-ring (bicyclic) bond motifs is 1. The van der Waals surface area contributed by atoms with Crippen LogP contribution < -0.4 is 16.0 Å². The van der Waals surface area contributed by atoms with E-state index < -0.39 is 66.8 Å². The number of hydrogen-bond acceptors (Lipinski definition) is 11. The van der Waals surface area contributed by atoms with Crippen LogP contribution in [0.3, 0.4) is 0 Å². The van der Waals surface area contributed by atoms with Crippen molar-refractivity contribution in [2.24, 2.45) is 0 Å². The van der Waals surface area contributed by atoms with Gasteiger partial charge in [-0.05, 0) is 32.9 Å². The van der Waals surface area contributed by atoms with E-state index in [2.05, 4.69) is 16.0 Å². The van der Waals surface area contributed by atoms with Crippen molar-refractivity contribution >= 4 is 41.6 Å². The smallest absolute Gasteiger partial charge is 0.408 e. The zero-order valence-corrected chi connectivity index (χ0v) is 21.7. The first-order chi connectivity index (χ1) is 17.4. The van der Waals surface area contributed by atoms with Crippen molar-refractivity contribution in [1.82, 2.24) is 16.0 Å². The lowest BCUT2D eigenvalue weighted by molar-refractivity contribution is -0.144. The van der Waals surface area contributed by atoms with E-state index in [0.29, 0.717) is 0 Å². The maximum Gasteiger partial charge on any atom is 0.408 e. The number of alkyl carbamates (subject to hydrolysis) is 1. The van der Waals surface area contributed by atoms with Gasteiger partial charge in [0.15, 0.2) is 0 Å². The third-order valence-corrected chi connectivity index (χ3v) is 5.97. The highest BCUT2D eigenvalue weighted by molar-refractivity contribution is 7.98. The van der Waals surface area contributed by atoms with Gasteiger partial charge in [-0.15, -0.1) is 0 Å². The molecule has 1 aromatic carbocycles. The minimum Gasteiger partial charge on any atom is -0.508 e. The number of methoxy groups -OCH3 is 1. The minimum absolute atomic E-state index is 0.0291. The van der Waals surface area contributed by atoms with E-state index in [9.17, 15) is 34.2 Å². The van der Waals surface area contributed by atoms with Crippen molar-refractivity contribution < 1.29 is 48.4 Å². The van der Waals surface area contributed by atoms with Crippen LogP contribution >= 0.6 is 11.8 Å². The Hall–Kier alpha value is -3.52. The highest BCUT2D eigenvalue weighted by Crippen LogP contribution is 2.27. The molecule has 14 heteroatoms. The lowest BCUT2D eigenvalue weighted by atomic mass is 10.1. The van der Waals surface area contributed by atoms with Crippen molar-refractivity contribution in [2.45, 2.75) is 50.3 Å². The van der Waals surface area contributed by atoms with Crippen LogP contribution in [0.1, 0.15) is 36.7 Å². The molecule has 0 aliphatic carbocycles. The lowest BCUT2D eigenvalue weighted by Gasteiger charge is -2.26. The molecule has 2 rings (SSSR count). The van der Waals surface area contributed by atoms with E-state index in [4.69, 9.17) is 14.2 Å². The molecule has 204 valence electrons. The molecule has 0 aromatic heterocycles. The number of benzene rings is 1. The van der Waals surface area contributed by atoms with Gasteiger partial charge in [0.2, 0.25) is 11.8 Å².